The van der Waals surface area contributed by atoms with Crippen LogP contribution in [0.25, 0.3) is 0 Å². The van der Waals surface area contributed by atoms with E-state index in [1.165, 1.54) is 4.31 Å². The Balaban J connectivity index is 1.88. The molecule has 0 heterocycles. The van der Waals surface area contributed by atoms with Gasteiger partial charge in [0.05, 0.1) is 11.9 Å². The molecule has 0 aliphatic heterocycles. The lowest BCUT2D eigenvalue weighted by molar-refractivity contribution is -0.141. The summed E-state index contributed by atoms with van der Waals surface area (Å²) < 4.78 is 26.5. The van der Waals surface area contributed by atoms with E-state index in [-0.39, 0.29) is 43.8 Å². The smallest absolute Gasteiger partial charge is 0.243 e. The van der Waals surface area contributed by atoms with E-state index in [9.17, 15) is 18.0 Å². The number of anilines is 1. The Bertz CT molecular complexity index is 1400. The maximum atomic E-state index is 13.8. The van der Waals surface area contributed by atoms with Crippen molar-refractivity contribution in [3.63, 3.8) is 0 Å². The van der Waals surface area contributed by atoms with Gasteiger partial charge in [-0.1, -0.05) is 66.2 Å². The zero-order chi connectivity index (χ0) is 29.3. The predicted octanol–water partition coefficient (Wildman–Crippen LogP) is 5.36. The summed E-state index contributed by atoms with van der Waals surface area (Å²) in [6, 6.07) is 23.2. The molecule has 0 aliphatic carbocycles. The molecule has 1 N–H and O–H groups in total. The van der Waals surface area contributed by atoms with Crippen molar-refractivity contribution in [1.29, 1.82) is 0 Å². The van der Waals surface area contributed by atoms with Crippen LogP contribution in [0.4, 0.5) is 5.69 Å². The molecule has 0 saturated carbocycles. The summed E-state index contributed by atoms with van der Waals surface area (Å²) >= 11 is 6.23. The predicted molar refractivity (Wildman–Crippen MR) is 162 cm³/mol. The largest absolute Gasteiger partial charge is 0.352 e. The molecule has 2 amide bonds. The molecule has 3 aromatic carbocycles. The Hall–Kier alpha value is -3.36. The van der Waals surface area contributed by atoms with Crippen LogP contribution < -0.4 is 9.62 Å². The van der Waals surface area contributed by atoms with Crippen LogP contribution in [0.15, 0.2) is 78.9 Å². The van der Waals surface area contributed by atoms with Crippen LogP contribution in [0.1, 0.15) is 43.4 Å². The maximum Gasteiger partial charge on any atom is 0.243 e. The molecule has 0 bridgehead atoms. The monoisotopic (exact) mass is 583 g/mol. The van der Waals surface area contributed by atoms with Gasteiger partial charge in [0.25, 0.3) is 0 Å². The third-order valence-corrected chi connectivity index (χ3v) is 7.81. The number of halogens is 1. The summed E-state index contributed by atoms with van der Waals surface area (Å²) in [5, 5.41) is 3.51. The van der Waals surface area contributed by atoms with Gasteiger partial charge in [-0.25, -0.2) is 8.42 Å². The van der Waals surface area contributed by atoms with E-state index in [2.05, 4.69) is 5.32 Å². The first kappa shape index (κ1) is 31.2. The number of carbonyl (C=O) groups is 2. The minimum Gasteiger partial charge on any atom is -0.352 e. The standard InChI is InChI=1S/C31H38ClN3O4S/c1-23(2)33-31(37)29(21-25-12-6-5-7-13-25)34(22-26-14-9-15-27(32)20-26)30(36)17-10-18-35(40(4,38)39)28-16-8-11-24(3)19-28/h5-9,11-16,19-20,23,29H,10,17-18,21-22H2,1-4H3,(H,33,37). The highest BCUT2D eigenvalue weighted by atomic mass is 35.5. The van der Waals surface area contributed by atoms with Crippen molar-refractivity contribution < 1.29 is 18.0 Å². The van der Waals surface area contributed by atoms with Crippen LogP contribution in [-0.4, -0.2) is 50.0 Å². The Morgan fingerprint density at radius 1 is 0.925 bits per heavy atom. The lowest BCUT2D eigenvalue weighted by Gasteiger charge is -2.32. The summed E-state index contributed by atoms with van der Waals surface area (Å²) in [7, 11) is -3.56. The van der Waals surface area contributed by atoms with Crippen LogP contribution in [0.3, 0.4) is 0 Å². The summed E-state index contributed by atoms with van der Waals surface area (Å²) in [5.41, 5.74) is 3.23. The molecule has 0 aromatic heterocycles. The van der Waals surface area contributed by atoms with Gasteiger partial charge < -0.3 is 10.2 Å². The summed E-state index contributed by atoms with van der Waals surface area (Å²) in [4.78, 5) is 28.9. The van der Waals surface area contributed by atoms with E-state index in [4.69, 9.17) is 11.6 Å². The number of hydrogen-bond donors (Lipinski definition) is 1. The van der Waals surface area contributed by atoms with Crippen LogP contribution in [0.5, 0.6) is 0 Å². The molecule has 0 fully saturated rings. The third-order valence-electron chi connectivity index (χ3n) is 6.39. The molecule has 0 aliphatic rings. The third kappa shape index (κ3) is 9.38. The first-order valence-corrected chi connectivity index (χ1v) is 15.6. The quantitative estimate of drug-likeness (QED) is 0.293. The molecule has 1 atom stereocenters. The molecular formula is C31H38ClN3O4S. The molecule has 9 heteroatoms. The van der Waals surface area contributed by atoms with Gasteiger partial charge in [-0.2, -0.15) is 0 Å². The van der Waals surface area contributed by atoms with Crippen molar-refractivity contribution in [2.75, 3.05) is 17.1 Å². The molecule has 40 heavy (non-hydrogen) atoms. The zero-order valence-corrected chi connectivity index (χ0v) is 25.1. The minimum absolute atomic E-state index is 0.0681. The van der Waals surface area contributed by atoms with Crippen molar-refractivity contribution in [1.82, 2.24) is 10.2 Å². The average Bonchev–Trinajstić information content (AvgIpc) is 2.88. The van der Waals surface area contributed by atoms with Gasteiger partial charge in [-0.3, -0.25) is 13.9 Å². The average molecular weight is 584 g/mol. The topological polar surface area (TPSA) is 86.8 Å². The van der Waals surface area contributed by atoms with Gasteiger partial charge in [0.15, 0.2) is 0 Å². The van der Waals surface area contributed by atoms with Crippen molar-refractivity contribution >= 4 is 39.1 Å². The fraction of sp³-hybridized carbons (Fsp3) is 0.355. The number of aryl methyl sites for hydroxylation is 1. The van der Waals surface area contributed by atoms with Crippen molar-refractivity contribution in [3.8, 4) is 0 Å². The van der Waals surface area contributed by atoms with Gasteiger partial charge in [0.2, 0.25) is 21.8 Å². The summed E-state index contributed by atoms with van der Waals surface area (Å²) in [5.74, 6) is -0.482. The number of carbonyl (C=O) groups excluding carboxylic acids is 2. The lowest BCUT2D eigenvalue weighted by atomic mass is 10.0. The van der Waals surface area contributed by atoms with Gasteiger partial charge in [-0.05, 0) is 68.1 Å². The highest BCUT2D eigenvalue weighted by Gasteiger charge is 2.31. The van der Waals surface area contributed by atoms with Crippen LogP contribution in [-0.2, 0) is 32.6 Å². The molecule has 3 aromatic rings. The Kier molecular flexibility index (Phi) is 11.2. The highest BCUT2D eigenvalue weighted by molar-refractivity contribution is 7.92. The number of amides is 2. The fourth-order valence-electron chi connectivity index (χ4n) is 4.55. The molecule has 3 rings (SSSR count). The number of hydrogen-bond acceptors (Lipinski definition) is 4. The van der Waals surface area contributed by atoms with E-state index in [0.717, 1.165) is 22.9 Å². The number of rotatable bonds is 13. The van der Waals surface area contributed by atoms with Gasteiger partial charge in [0.1, 0.15) is 6.04 Å². The Labute approximate surface area is 243 Å². The number of benzene rings is 3. The highest BCUT2D eigenvalue weighted by Crippen LogP contribution is 2.22. The second-order valence-electron chi connectivity index (χ2n) is 10.3. The minimum atomic E-state index is -3.56. The molecule has 7 nitrogen and oxygen atoms in total. The normalized spacial score (nSPS) is 12.2. The van der Waals surface area contributed by atoms with E-state index >= 15 is 0 Å². The molecule has 1 unspecified atom stereocenters. The summed E-state index contributed by atoms with van der Waals surface area (Å²) in [6.07, 6.45) is 1.85. The van der Waals surface area contributed by atoms with Gasteiger partial charge in [-0.15, -0.1) is 0 Å². The molecule has 0 radical (unpaired) electrons. The van der Waals surface area contributed by atoms with Crippen molar-refractivity contribution in [3.05, 3.63) is 101 Å². The van der Waals surface area contributed by atoms with Crippen LogP contribution in [0.2, 0.25) is 5.02 Å². The molecule has 0 spiro atoms. The van der Waals surface area contributed by atoms with E-state index in [0.29, 0.717) is 17.1 Å². The molecule has 0 saturated heterocycles. The van der Waals surface area contributed by atoms with Crippen LogP contribution in [0, 0.1) is 6.92 Å². The number of sulfonamides is 1. The van der Waals surface area contributed by atoms with Crippen LogP contribution >= 0.6 is 11.6 Å². The Morgan fingerprint density at radius 3 is 2.23 bits per heavy atom. The van der Waals surface area contributed by atoms with Crippen molar-refractivity contribution in [2.45, 2.75) is 58.7 Å². The number of nitrogens with one attached hydrogen (secondary N) is 1. The molecule has 214 valence electrons. The second-order valence-corrected chi connectivity index (χ2v) is 12.6. The lowest BCUT2D eigenvalue weighted by Crippen LogP contribution is -2.51. The van der Waals surface area contributed by atoms with Gasteiger partial charge >= 0.3 is 0 Å². The fourth-order valence-corrected chi connectivity index (χ4v) is 5.72. The van der Waals surface area contributed by atoms with E-state index < -0.39 is 16.1 Å². The SMILES string of the molecule is Cc1cccc(N(CCCC(=O)N(Cc2cccc(Cl)c2)C(Cc2ccccc2)C(=O)NC(C)C)S(C)(=O)=O)c1. The van der Waals surface area contributed by atoms with Crippen molar-refractivity contribution in [2.24, 2.45) is 0 Å². The van der Waals surface area contributed by atoms with E-state index in [1.807, 2.05) is 75.4 Å². The first-order valence-electron chi connectivity index (χ1n) is 13.4. The maximum absolute atomic E-state index is 13.8. The number of nitrogens with zero attached hydrogens (tertiary/aromatic N) is 2. The Morgan fingerprint density at radius 2 is 1.60 bits per heavy atom. The zero-order valence-electron chi connectivity index (χ0n) is 23.5. The molecular weight excluding hydrogens is 546 g/mol. The summed E-state index contributed by atoms with van der Waals surface area (Å²) in [6.45, 7) is 5.99. The van der Waals surface area contributed by atoms with E-state index in [1.54, 1.807) is 29.2 Å². The second kappa shape index (κ2) is 14.3. The first-order chi connectivity index (χ1) is 18.9. The van der Waals surface area contributed by atoms with Gasteiger partial charge in [0, 0.05) is 37.0 Å².